The van der Waals surface area contributed by atoms with Gasteiger partial charge in [-0.25, -0.2) is 0 Å². The zero-order valence-corrected chi connectivity index (χ0v) is 17.5. The number of rotatable bonds is 5. The molecule has 0 aliphatic carbocycles. The molecular formula is C22H16N2O4S2. The number of carbonyl (C=O) groups is 1. The van der Waals surface area contributed by atoms with Crippen LogP contribution in [0, 0.1) is 17.0 Å². The van der Waals surface area contributed by atoms with E-state index in [-0.39, 0.29) is 11.6 Å². The van der Waals surface area contributed by atoms with Crippen molar-refractivity contribution in [2.45, 2.75) is 13.5 Å². The molecule has 4 rings (SSSR count). The lowest BCUT2D eigenvalue weighted by Gasteiger charge is -2.14. The number of benzene rings is 2. The average molecular weight is 437 g/mol. The number of nitrogens with zero attached hydrogens (tertiary/aromatic N) is 2. The Hall–Kier alpha value is -3.23. The van der Waals surface area contributed by atoms with E-state index in [1.54, 1.807) is 36.1 Å². The number of thioether (sulfide) groups is 1. The predicted octanol–water partition coefficient (Wildman–Crippen LogP) is 5.56. The van der Waals surface area contributed by atoms with E-state index in [2.05, 4.69) is 0 Å². The Balaban J connectivity index is 1.55. The second kappa shape index (κ2) is 8.25. The van der Waals surface area contributed by atoms with E-state index >= 15 is 0 Å². The van der Waals surface area contributed by atoms with Gasteiger partial charge in [0.15, 0.2) is 0 Å². The molecule has 1 aromatic heterocycles. The number of nitro groups is 1. The maximum Gasteiger partial charge on any atom is 0.269 e. The average Bonchev–Trinajstić information content (AvgIpc) is 3.29. The minimum absolute atomic E-state index is 0.0325. The van der Waals surface area contributed by atoms with Crippen molar-refractivity contribution in [1.82, 2.24) is 4.90 Å². The van der Waals surface area contributed by atoms with Gasteiger partial charge in [0.25, 0.3) is 11.6 Å². The molecule has 1 aliphatic heterocycles. The number of hydrogen-bond acceptors (Lipinski definition) is 6. The van der Waals surface area contributed by atoms with Gasteiger partial charge in [-0.1, -0.05) is 54.3 Å². The third-order valence-electron chi connectivity index (χ3n) is 4.64. The summed E-state index contributed by atoms with van der Waals surface area (Å²) in [5, 5.41) is 10.9. The molecule has 30 heavy (non-hydrogen) atoms. The monoisotopic (exact) mass is 436 g/mol. The van der Waals surface area contributed by atoms with Gasteiger partial charge in [-0.15, -0.1) is 0 Å². The molecule has 8 heteroatoms. The minimum Gasteiger partial charge on any atom is -0.457 e. The van der Waals surface area contributed by atoms with Crippen molar-refractivity contribution >= 4 is 46.0 Å². The van der Waals surface area contributed by atoms with Gasteiger partial charge in [0, 0.05) is 23.8 Å². The molecule has 0 spiro atoms. The molecule has 1 fully saturated rings. The third-order valence-corrected chi connectivity index (χ3v) is 6.02. The van der Waals surface area contributed by atoms with Crippen molar-refractivity contribution in [1.29, 1.82) is 0 Å². The topological polar surface area (TPSA) is 76.6 Å². The smallest absolute Gasteiger partial charge is 0.269 e. The summed E-state index contributed by atoms with van der Waals surface area (Å²) in [6.07, 6.45) is 1.68. The molecule has 1 amide bonds. The van der Waals surface area contributed by atoms with Crippen LogP contribution < -0.4 is 0 Å². The summed E-state index contributed by atoms with van der Waals surface area (Å²) < 4.78 is 6.38. The molecule has 2 heterocycles. The minimum atomic E-state index is -0.429. The molecule has 1 aliphatic rings. The molecule has 0 saturated carbocycles. The number of non-ortho nitro benzene ring substituents is 1. The highest BCUT2D eigenvalue weighted by atomic mass is 32.2. The molecular weight excluding hydrogens is 420 g/mol. The molecule has 0 atom stereocenters. The van der Waals surface area contributed by atoms with Crippen LogP contribution in [0.1, 0.15) is 16.9 Å². The third kappa shape index (κ3) is 4.05. The summed E-state index contributed by atoms with van der Waals surface area (Å²) in [5.74, 6) is 0.940. The van der Waals surface area contributed by atoms with E-state index in [0.29, 0.717) is 27.3 Å². The Labute approximate surface area is 182 Å². The van der Waals surface area contributed by atoms with Crippen LogP contribution in [0.2, 0.25) is 0 Å². The first-order valence-electron chi connectivity index (χ1n) is 9.07. The Morgan fingerprint density at radius 2 is 1.93 bits per heavy atom. The molecule has 3 aromatic rings. The molecule has 0 N–H and O–H groups in total. The second-order valence-corrected chi connectivity index (χ2v) is 8.39. The van der Waals surface area contributed by atoms with Gasteiger partial charge < -0.3 is 4.42 Å². The van der Waals surface area contributed by atoms with Crippen molar-refractivity contribution in [3.63, 3.8) is 0 Å². The highest BCUT2D eigenvalue weighted by Crippen LogP contribution is 2.35. The van der Waals surface area contributed by atoms with E-state index < -0.39 is 4.92 Å². The first kappa shape index (κ1) is 20.1. The van der Waals surface area contributed by atoms with Gasteiger partial charge in [-0.3, -0.25) is 19.8 Å². The van der Waals surface area contributed by atoms with Crippen LogP contribution >= 0.6 is 24.0 Å². The number of thiocarbonyl (C=S) groups is 1. The Morgan fingerprint density at radius 3 is 2.63 bits per heavy atom. The zero-order chi connectivity index (χ0) is 21.3. The van der Waals surface area contributed by atoms with E-state index in [1.165, 1.54) is 23.9 Å². The summed E-state index contributed by atoms with van der Waals surface area (Å²) >= 11 is 6.63. The van der Waals surface area contributed by atoms with Crippen molar-refractivity contribution in [3.05, 3.63) is 92.6 Å². The Bertz CT molecular complexity index is 1180. The maximum absolute atomic E-state index is 12.8. The van der Waals surface area contributed by atoms with Crippen LogP contribution in [0.5, 0.6) is 0 Å². The lowest BCUT2D eigenvalue weighted by molar-refractivity contribution is -0.384. The van der Waals surface area contributed by atoms with Gasteiger partial charge in [-0.2, -0.15) is 0 Å². The first-order chi connectivity index (χ1) is 14.4. The largest absolute Gasteiger partial charge is 0.457 e. The van der Waals surface area contributed by atoms with Crippen LogP contribution in [0.3, 0.4) is 0 Å². The molecule has 0 bridgehead atoms. The fourth-order valence-electron chi connectivity index (χ4n) is 3.14. The number of aryl methyl sites for hydroxylation is 1. The van der Waals surface area contributed by atoms with Gasteiger partial charge in [0.2, 0.25) is 0 Å². The SMILES string of the molecule is Cc1cc([N+](=O)[O-])ccc1-c1ccc(/C=C2\SC(=S)N(Cc3ccccc3)C2=O)o1. The van der Waals surface area contributed by atoms with Crippen molar-refractivity contribution in [2.75, 3.05) is 0 Å². The van der Waals surface area contributed by atoms with Crippen LogP contribution in [0.25, 0.3) is 17.4 Å². The summed E-state index contributed by atoms with van der Waals surface area (Å²) in [6.45, 7) is 2.22. The van der Waals surface area contributed by atoms with Crippen LogP contribution in [0.4, 0.5) is 5.69 Å². The molecule has 2 aromatic carbocycles. The fourth-order valence-corrected chi connectivity index (χ4v) is 4.38. The molecule has 6 nitrogen and oxygen atoms in total. The summed E-state index contributed by atoms with van der Waals surface area (Å²) in [7, 11) is 0. The molecule has 150 valence electrons. The summed E-state index contributed by atoms with van der Waals surface area (Å²) in [4.78, 5) is 25.4. The van der Waals surface area contributed by atoms with Crippen LogP contribution in [-0.4, -0.2) is 20.1 Å². The van der Waals surface area contributed by atoms with E-state index in [9.17, 15) is 14.9 Å². The van der Waals surface area contributed by atoms with Crippen LogP contribution in [-0.2, 0) is 11.3 Å². The number of carbonyl (C=O) groups excluding carboxylic acids is 1. The Morgan fingerprint density at radius 1 is 1.17 bits per heavy atom. The van der Waals surface area contributed by atoms with Crippen molar-refractivity contribution in [2.24, 2.45) is 0 Å². The standard InChI is InChI=1S/C22H16N2O4S2/c1-14-11-16(24(26)27)7-9-18(14)19-10-8-17(28-19)12-20-21(25)23(22(29)30-20)13-15-5-3-2-4-6-15/h2-12H,13H2,1H3/b20-12-. The van der Waals surface area contributed by atoms with Gasteiger partial charge >= 0.3 is 0 Å². The quantitative estimate of drug-likeness (QED) is 0.225. The van der Waals surface area contributed by atoms with Gasteiger partial charge in [-0.05, 0) is 36.2 Å². The molecule has 0 unspecified atom stereocenters. The Kier molecular flexibility index (Phi) is 5.52. The van der Waals surface area contributed by atoms with E-state index in [0.717, 1.165) is 16.7 Å². The number of amides is 1. The summed E-state index contributed by atoms with van der Waals surface area (Å²) in [6, 6.07) is 17.8. The van der Waals surface area contributed by atoms with Gasteiger partial charge in [0.1, 0.15) is 15.8 Å². The molecule has 0 radical (unpaired) electrons. The maximum atomic E-state index is 12.8. The zero-order valence-electron chi connectivity index (χ0n) is 15.9. The number of hydrogen-bond donors (Lipinski definition) is 0. The molecule has 1 saturated heterocycles. The van der Waals surface area contributed by atoms with E-state index in [1.807, 2.05) is 30.3 Å². The van der Waals surface area contributed by atoms with Gasteiger partial charge in [0.05, 0.1) is 16.4 Å². The number of nitro benzene ring substituents is 1. The van der Waals surface area contributed by atoms with Crippen molar-refractivity contribution < 1.29 is 14.1 Å². The summed E-state index contributed by atoms with van der Waals surface area (Å²) in [5.41, 5.74) is 2.53. The fraction of sp³-hybridized carbons (Fsp3) is 0.0909. The normalized spacial score (nSPS) is 15.2. The lowest BCUT2D eigenvalue weighted by atomic mass is 10.1. The van der Waals surface area contributed by atoms with Crippen LogP contribution in [0.15, 0.2) is 70.0 Å². The lowest BCUT2D eigenvalue weighted by Crippen LogP contribution is -2.27. The highest BCUT2D eigenvalue weighted by Gasteiger charge is 2.32. The second-order valence-electron chi connectivity index (χ2n) is 6.71. The first-order valence-corrected chi connectivity index (χ1v) is 10.3. The number of furan rings is 1. The van der Waals surface area contributed by atoms with Crippen molar-refractivity contribution in [3.8, 4) is 11.3 Å². The van der Waals surface area contributed by atoms with E-state index in [4.69, 9.17) is 16.6 Å². The predicted molar refractivity (Wildman–Crippen MR) is 121 cm³/mol. The highest BCUT2D eigenvalue weighted by molar-refractivity contribution is 8.26.